The summed E-state index contributed by atoms with van der Waals surface area (Å²) in [6, 6.07) is 0. The number of oxime groups is 1. The van der Waals surface area contributed by atoms with E-state index in [1.54, 1.807) is 6.92 Å². The molecule has 1 rings (SSSR count). The van der Waals surface area contributed by atoms with Gasteiger partial charge in [-0.15, -0.1) is 0 Å². The van der Waals surface area contributed by atoms with Crippen LogP contribution in [-0.2, 0) is 4.74 Å². The van der Waals surface area contributed by atoms with Gasteiger partial charge in [0.2, 0.25) is 0 Å². The molecule has 0 spiro atoms. The Labute approximate surface area is 110 Å². The summed E-state index contributed by atoms with van der Waals surface area (Å²) in [5.74, 6) is 5.25. The molecule has 0 bridgehead atoms. The van der Waals surface area contributed by atoms with Gasteiger partial charge in [0.1, 0.15) is 12.4 Å². The van der Waals surface area contributed by atoms with Gasteiger partial charge in [-0.3, -0.25) is 0 Å². The lowest BCUT2D eigenvalue weighted by molar-refractivity contribution is -0.140. The van der Waals surface area contributed by atoms with Crippen molar-refractivity contribution in [3.05, 3.63) is 23.9 Å². The number of rotatable bonds is 4. The van der Waals surface area contributed by atoms with Crippen LogP contribution in [0.2, 0.25) is 0 Å². The monoisotopic (exact) mass is 266 g/mol. The highest BCUT2D eigenvalue weighted by atomic mass is 19.1. The van der Waals surface area contributed by atoms with Gasteiger partial charge in [0.15, 0.2) is 5.60 Å². The van der Waals surface area contributed by atoms with E-state index in [1.165, 1.54) is 6.08 Å². The van der Waals surface area contributed by atoms with E-state index in [0.717, 1.165) is 6.21 Å². The molecule has 0 atom stereocenters. The second-order valence-corrected chi connectivity index (χ2v) is 4.13. The number of ether oxygens (including phenoxy) is 1. The fraction of sp³-hybridized carbons (Fsp3) is 0.385. The first-order valence-electron chi connectivity index (χ1n) is 5.50. The molecule has 0 aliphatic carbocycles. The number of hydrogen-bond donors (Lipinski definition) is 2. The number of nitrogens with zero attached hydrogens (tertiary/aromatic N) is 2. The third-order valence-electron chi connectivity index (χ3n) is 2.10. The Morgan fingerprint density at radius 2 is 2.26 bits per heavy atom. The van der Waals surface area contributed by atoms with Gasteiger partial charge >= 0.3 is 0 Å². The molecule has 0 saturated carbocycles. The summed E-state index contributed by atoms with van der Waals surface area (Å²) in [5, 5.41) is 20.8. The molecule has 0 aromatic carbocycles. The lowest BCUT2D eigenvalue weighted by atomic mass is 10.0. The van der Waals surface area contributed by atoms with Crippen molar-refractivity contribution in [3.8, 4) is 11.8 Å². The van der Waals surface area contributed by atoms with Crippen LogP contribution in [0.3, 0.4) is 0 Å². The standard InChI is InChI=1S/C13H15FN2O3/c1-10(2)5-11(16-12(6-14)7-15-18)3-4-13(17)8-19-9-13/h5,7,17-18H,1,6,8-9H2,2H3/b11-5-,15-7+,16-12+. The average molecular weight is 266 g/mol. The molecule has 1 heterocycles. The molecule has 19 heavy (non-hydrogen) atoms. The highest BCUT2D eigenvalue weighted by Gasteiger charge is 2.33. The summed E-state index contributed by atoms with van der Waals surface area (Å²) in [6.45, 7) is 4.78. The normalized spacial score (nSPS) is 18.7. The lowest BCUT2D eigenvalue weighted by Crippen LogP contribution is -2.48. The first-order chi connectivity index (χ1) is 8.99. The first kappa shape index (κ1) is 15.1. The lowest BCUT2D eigenvalue weighted by Gasteiger charge is -2.30. The van der Waals surface area contributed by atoms with E-state index in [0.29, 0.717) is 5.57 Å². The van der Waals surface area contributed by atoms with Gasteiger partial charge in [0.25, 0.3) is 0 Å². The molecular weight excluding hydrogens is 251 g/mol. The van der Waals surface area contributed by atoms with Crippen molar-refractivity contribution >= 4 is 11.9 Å². The number of aliphatic imine (C=N–C) groups is 1. The minimum Gasteiger partial charge on any atom is -0.411 e. The number of alkyl halides is 1. The average Bonchev–Trinajstić information content (AvgIpc) is 2.32. The van der Waals surface area contributed by atoms with Crippen LogP contribution in [0.1, 0.15) is 6.92 Å². The van der Waals surface area contributed by atoms with Crippen LogP contribution in [-0.4, -0.2) is 47.7 Å². The molecule has 1 fully saturated rings. The van der Waals surface area contributed by atoms with Crippen molar-refractivity contribution in [1.29, 1.82) is 0 Å². The van der Waals surface area contributed by atoms with Crippen LogP contribution in [0.5, 0.6) is 0 Å². The quantitative estimate of drug-likeness (QED) is 0.263. The largest absolute Gasteiger partial charge is 0.411 e. The van der Waals surface area contributed by atoms with Gasteiger partial charge < -0.3 is 15.1 Å². The SMILES string of the molecule is C=C(C)\C=C(C#CC1(O)COC1)/N=C(/C=N/O)CF. The number of halogens is 1. The van der Waals surface area contributed by atoms with E-state index in [-0.39, 0.29) is 24.6 Å². The first-order valence-corrected chi connectivity index (χ1v) is 5.50. The van der Waals surface area contributed by atoms with Crippen molar-refractivity contribution in [2.24, 2.45) is 10.1 Å². The van der Waals surface area contributed by atoms with Gasteiger partial charge in [-0.2, -0.15) is 0 Å². The Bertz CT molecular complexity index is 494. The van der Waals surface area contributed by atoms with E-state index < -0.39 is 12.3 Å². The Hall–Kier alpha value is -1.97. The fourth-order valence-electron chi connectivity index (χ4n) is 1.19. The minimum absolute atomic E-state index is 0.0823. The molecule has 0 aromatic rings. The molecule has 0 aromatic heterocycles. The van der Waals surface area contributed by atoms with Crippen molar-refractivity contribution in [2.75, 3.05) is 19.9 Å². The molecular formula is C13H15FN2O3. The Morgan fingerprint density at radius 1 is 1.58 bits per heavy atom. The van der Waals surface area contributed by atoms with Crippen LogP contribution in [0, 0.1) is 11.8 Å². The molecule has 0 amide bonds. The third-order valence-corrected chi connectivity index (χ3v) is 2.10. The van der Waals surface area contributed by atoms with Gasteiger partial charge in [-0.25, -0.2) is 9.38 Å². The fourth-order valence-corrected chi connectivity index (χ4v) is 1.19. The van der Waals surface area contributed by atoms with Gasteiger partial charge in [0.05, 0.1) is 25.1 Å². The second kappa shape index (κ2) is 6.83. The van der Waals surface area contributed by atoms with E-state index in [4.69, 9.17) is 9.94 Å². The van der Waals surface area contributed by atoms with Crippen molar-refractivity contribution in [1.82, 2.24) is 0 Å². The molecule has 102 valence electrons. The maximum Gasteiger partial charge on any atom is 0.172 e. The number of allylic oxidation sites excluding steroid dienone is 3. The van der Waals surface area contributed by atoms with Crippen molar-refractivity contribution in [3.63, 3.8) is 0 Å². The second-order valence-electron chi connectivity index (χ2n) is 4.13. The highest BCUT2D eigenvalue weighted by molar-refractivity contribution is 6.31. The molecule has 6 heteroatoms. The molecule has 1 saturated heterocycles. The third kappa shape index (κ3) is 5.04. The smallest absolute Gasteiger partial charge is 0.172 e. The molecule has 1 aliphatic heterocycles. The van der Waals surface area contributed by atoms with E-state index in [1.807, 2.05) is 0 Å². The molecule has 1 aliphatic rings. The van der Waals surface area contributed by atoms with E-state index in [9.17, 15) is 9.50 Å². The van der Waals surface area contributed by atoms with Crippen molar-refractivity contribution in [2.45, 2.75) is 12.5 Å². The topological polar surface area (TPSA) is 74.4 Å². The zero-order valence-corrected chi connectivity index (χ0v) is 10.6. The minimum atomic E-state index is -1.18. The number of hydrogen-bond acceptors (Lipinski definition) is 5. The number of aliphatic hydroxyl groups is 1. The van der Waals surface area contributed by atoms with Crippen LogP contribution in [0.4, 0.5) is 4.39 Å². The highest BCUT2D eigenvalue weighted by Crippen LogP contribution is 2.15. The predicted octanol–water partition coefficient (Wildman–Crippen LogP) is 1.08. The predicted molar refractivity (Wildman–Crippen MR) is 70.1 cm³/mol. The summed E-state index contributed by atoms with van der Waals surface area (Å²) in [6.07, 6.45) is 2.42. The summed E-state index contributed by atoms with van der Waals surface area (Å²) in [4.78, 5) is 3.89. The van der Waals surface area contributed by atoms with E-state index in [2.05, 4.69) is 28.6 Å². The maximum absolute atomic E-state index is 12.6. The summed E-state index contributed by atoms with van der Waals surface area (Å²) >= 11 is 0. The Kier molecular flexibility index (Phi) is 5.42. The summed E-state index contributed by atoms with van der Waals surface area (Å²) in [7, 11) is 0. The Balaban J connectivity index is 2.99. The van der Waals surface area contributed by atoms with Crippen LogP contribution in [0.25, 0.3) is 0 Å². The zero-order valence-electron chi connectivity index (χ0n) is 10.6. The van der Waals surface area contributed by atoms with Crippen LogP contribution in [0.15, 0.2) is 34.1 Å². The van der Waals surface area contributed by atoms with E-state index >= 15 is 0 Å². The molecule has 2 N–H and O–H groups in total. The summed E-state index contributed by atoms with van der Waals surface area (Å²) < 4.78 is 17.4. The van der Waals surface area contributed by atoms with Gasteiger partial charge in [-0.05, 0) is 18.9 Å². The van der Waals surface area contributed by atoms with Gasteiger partial charge in [0, 0.05) is 0 Å². The molecule has 0 unspecified atom stereocenters. The van der Waals surface area contributed by atoms with Crippen LogP contribution < -0.4 is 0 Å². The summed E-state index contributed by atoms with van der Waals surface area (Å²) in [5.41, 5.74) is -0.365. The molecule has 0 radical (unpaired) electrons. The molecule has 5 nitrogen and oxygen atoms in total. The maximum atomic E-state index is 12.6. The van der Waals surface area contributed by atoms with Gasteiger partial charge in [-0.1, -0.05) is 23.2 Å². The Morgan fingerprint density at radius 3 is 2.68 bits per heavy atom. The van der Waals surface area contributed by atoms with Crippen LogP contribution >= 0.6 is 0 Å². The zero-order chi connectivity index (χ0) is 14.3. The van der Waals surface area contributed by atoms with Crippen molar-refractivity contribution < 1.29 is 19.4 Å².